The molecular weight excluding hydrogens is 240 g/mol. The van der Waals surface area contributed by atoms with Crippen LogP contribution in [-0.2, 0) is 9.53 Å². The molecule has 0 spiro atoms. The molecule has 0 fully saturated rings. The fourth-order valence-electron chi connectivity index (χ4n) is 1.23. The van der Waals surface area contributed by atoms with E-state index in [0.29, 0.717) is 29.4 Å². The molecule has 0 unspecified atom stereocenters. The van der Waals surface area contributed by atoms with Crippen molar-refractivity contribution in [3.8, 4) is 0 Å². The Bertz CT molecular complexity index is 394. The summed E-state index contributed by atoms with van der Waals surface area (Å²) in [5, 5.41) is 3.20. The summed E-state index contributed by atoms with van der Waals surface area (Å²) in [6, 6.07) is 4.99. The number of amides is 1. The Balaban J connectivity index is 2.42. The molecule has 0 heterocycles. The minimum atomic E-state index is -0.104. The van der Waals surface area contributed by atoms with Crippen molar-refractivity contribution in [1.82, 2.24) is 0 Å². The lowest BCUT2D eigenvalue weighted by atomic mass is 10.2. The fourth-order valence-corrected chi connectivity index (χ4v) is 1.35. The van der Waals surface area contributed by atoms with Crippen molar-refractivity contribution in [3.63, 3.8) is 0 Å². The third kappa shape index (κ3) is 5.06. The number of ether oxygens (including phenoxy) is 1. The highest BCUT2D eigenvalue weighted by atomic mass is 35.5. The summed E-state index contributed by atoms with van der Waals surface area (Å²) in [6.07, 6.45) is 0.453. The van der Waals surface area contributed by atoms with Crippen LogP contribution in [0.15, 0.2) is 18.2 Å². The van der Waals surface area contributed by atoms with Crippen LogP contribution in [0.2, 0.25) is 5.02 Å². The van der Waals surface area contributed by atoms with E-state index in [9.17, 15) is 4.79 Å². The normalized spacial score (nSPS) is 10.6. The number of nitrogens with two attached hydrogens (primary N) is 1. The SMILES string of the molecule is CC(C)OCCC(=O)Nc1ccc(Cl)c(N)c1. The van der Waals surface area contributed by atoms with Gasteiger partial charge in [0.15, 0.2) is 0 Å². The second-order valence-electron chi connectivity index (χ2n) is 3.95. The summed E-state index contributed by atoms with van der Waals surface area (Å²) >= 11 is 5.78. The van der Waals surface area contributed by atoms with Crippen LogP contribution in [0.5, 0.6) is 0 Å². The molecule has 0 bridgehead atoms. The molecular formula is C12H17ClN2O2. The predicted molar refractivity (Wildman–Crippen MR) is 70.2 cm³/mol. The average Bonchev–Trinajstić information content (AvgIpc) is 2.23. The van der Waals surface area contributed by atoms with Gasteiger partial charge < -0.3 is 15.8 Å². The van der Waals surface area contributed by atoms with Gasteiger partial charge in [-0.25, -0.2) is 0 Å². The van der Waals surface area contributed by atoms with Gasteiger partial charge in [0.1, 0.15) is 0 Å². The number of rotatable bonds is 5. The molecule has 0 aromatic heterocycles. The Labute approximate surface area is 106 Å². The van der Waals surface area contributed by atoms with Gasteiger partial charge in [-0.3, -0.25) is 4.79 Å². The molecule has 1 rings (SSSR count). The maximum Gasteiger partial charge on any atom is 0.226 e. The Morgan fingerprint density at radius 2 is 2.24 bits per heavy atom. The first-order chi connectivity index (χ1) is 7.99. The largest absolute Gasteiger partial charge is 0.397 e. The summed E-state index contributed by atoms with van der Waals surface area (Å²) in [4.78, 5) is 11.5. The minimum Gasteiger partial charge on any atom is -0.397 e. The van der Waals surface area contributed by atoms with Crippen molar-refractivity contribution in [3.05, 3.63) is 23.2 Å². The van der Waals surface area contributed by atoms with Gasteiger partial charge in [-0.1, -0.05) is 11.6 Å². The van der Waals surface area contributed by atoms with E-state index >= 15 is 0 Å². The van der Waals surface area contributed by atoms with Crippen LogP contribution in [-0.4, -0.2) is 18.6 Å². The van der Waals surface area contributed by atoms with E-state index in [2.05, 4.69) is 5.32 Å². The van der Waals surface area contributed by atoms with Crippen LogP contribution >= 0.6 is 11.6 Å². The van der Waals surface area contributed by atoms with E-state index in [4.69, 9.17) is 22.1 Å². The van der Waals surface area contributed by atoms with Crippen molar-refractivity contribution < 1.29 is 9.53 Å². The molecule has 0 aliphatic carbocycles. The maximum absolute atomic E-state index is 11.5. The first-order valence-corrected chi connectivity index (χ1v) is 5.83. The first kappa shape index (κ1) is 13.8. The number of carbonyl (C=O) groups excluding carboxylic acids is 1. The number of carbonyl (C=O) groups is 1. The molecule has 0 atom stereocenters. The van der Waals surface area contributed by atoms with Crippen molar-refractivity contribution in [2.24, 2.45) is 0 Å². The maximum atomic E-state index is 11.5. The van der Waals surface area contributed by atoms with Gasteiger partial charge in [0.2, 0.25) is 5.91 Å². The number of hydrogen-bond donors (Lipinski definition) is 2. The second kappa shape index (κ2) is 6.47. The molecule has 0 aliphatic rings. The highest BCUT2D eigenvalue weighted by Gasteiger charge is 2.04. The highest BCUT2D eigenvalue weighted by molar-refractivity contribution is 6.33. The third-order valence-corrected chi connectivity index (χ3v) is 2.40. The molecule has 4 nitrogen and oxygen atoms in total. The topological polar surface area (TPSA) is 64.3 Å². The van der Waals surface area contributed by atoms with E-state index < -0.39 is 0 Å². The van der Waals surface area contributed by atoms with E-state index in [-0.39, 0.29) is 12.0 Å². The monoisotopic (exact) mass is 256 g/mol. The summed E-state index contributed by atoms with van der Waals surface area (Å²) in [7, 11) is 0. The zero-order valence-corrected chi connectivity index (χ0v) is 10.8. The van der Waals surface area contributed by atoms with Crippen molar-refractivity contribution in [1.29, 1.82) is 0 Å². The van der Waals surface area contributed by atoms with Crippen LogP contribution < -0.4 is 11.1 Å². The van der Waals surface area contributed by atoms with E-state index in [1.54, 1.807) is 18.2 Å². The van der Waals surface area contributed by atoms with E-state index in [0.717, 1.165) is 0 Å². The predicted octanol–water partition coefficient (Wildman–Crippen LogP) is 2.68. The molecule has 0 radical (unpaired) electrons. The Hall–Kier alpha value is -1.26. The van der Waals surface area contributed by atoms with Crippen LogP contribution in [0.3, 0.4) is 0 Å². The lowest BCUT2D eigenvalue weighted by Gasteiger charge is -2.09. The Kier molecular flexibility index (Phi) is 5.25. The molecule has 0 saturated heterocycles. The van der Waals surface area contributed by atoms with Gasteiger partial charge in [-0.2, -0.15) is 0 Å². The lowest BCUT2D eigenvalue weighted by Crippen LogP contribution is -2.15. The van der Waals surface area contributed by atoms with Crippen LogP contribution in [0.1, 0.15) is 20.3 Å². The summed E-state index contributed by atoms with van der Waals surface area (Å²) in [5.74, 6) is -0.104. The standard InChI is InChI=1S/C12H17ClN2O2/c1-8(2)17-6-5-12(16)15-9-3-4-10(13)11(14)7-9/h3-4,7-8H,5-6,14H2,1-2H3,(H,15,16). The van der Waals surface area contributed by atoms with Gasteiger partial charge >= 0.3 is 0 Å². The van der Waals surface area contributed by atoms with Gasteiger partial charge in [0.25, 0.3) is 0 Å². The lowest BCUT2D eigenvalue weighted by molar-refractivity contribution is -0.117. The molecule has 1 aromatic rings. The minimum absolute atomic E-state index is 0.104. The third-order valence-electron chi connectivity index (χ3n) is 2.06. The summed E-state index contributed by atoms with van der Waals surface area (Å²) in [6.45, 7) is 4.27. The molecule has 5 heteroatoms. The molecule has 1 amide bonds. The number of anilines is 2. The number of nitrogens with one attached hydrogen (secondary N) is 1. The van der Waals surface area contributed by atoms with Crippen molar-refractivity contribution in [2.75, 3.05) is 17.7 Å². The van der Waals surface area contributed by atoms with Crippen molar-refractivity contribution >= 4 is 28.9 Å². The zero-order chi connectivity index (χ0) is 12.8. The fraction of sp³-hybridized carbons (Fsp3) is 0.417. The summed E-state index contributed by atoms with van der Waals surface area (Å²) < 4.78 is 5.29. The van der Waals surface area contributed by atoms with Gasteiger partial charge in [0, 0.05) is 5.69 Å². The van der Waals surface area contributed by atoms with Gasteiger partial charge in [-0.15, -0.1) is 0 Å². The number of hydrogen-bond acceptors (Lipinski definition) is 3. The molecule has 0 aliphatic heterocycles. The Morgan fingerprint density at radius 1 is 1.53 bits per heavy atom. The number of benzene rings is 1. The molecule has 17 heavy (non-hydrogen) atoms. The van der Waals surface area contributed by atoms with Gasteiger partial charge in [0.05, 0.1) is 29.8 Å². The van der Waals surface area contributed by atoms with Crippen LogP contribution in [0, 0.1) is 0 Å². The zero-order valence-electron chi connectivity index (χ0n) is 10.00. The Morgan fingerprint density at radius 3 is 2.82 bits per heavy atom. The molecule has 94 valence electrons. The number of halogens is 1. The first-order valence-electron chi connectivity index (χ1n) is 5.45. The smallest absolute Gasteiger partial charge is 0.226 e. The van der Waals surface area contributed by atoms with Crippen molar-refractivity contribution in [2.45, 2.75) is 26.4 Å². The van der Waals surface area contributed by atoms with E-state index in [1.807, 2.05) is 13.8 Å². The second-order valence-corrected chi connectivity index (χ2v) is 4.36. The number of nitrogen functional groups attached to an aromatic ring is 1. The molecule has 1 aromatic carbocycles. The molecule has 0 saturated carbocycles. The van der Waals surface area contributed by atoms with Gasteiger partial charge in [-0.05, 0) is 32.0 Å². The quantitative estimate of drug-likeness (QED) is 0.796. The van der Waals surface area contributed by atoms with Crippen LogP contribution in [0.4, 0.5) is 11.4 Å². The summed E-state index contributed by atoms with van der Waals surface area (Å²) in [5.41, 5.74) is 6.72. The average molecular weight is 257 g/mol. The molecule has 3 N–H and O–H groups in total. The van der Waals surface area contributed by atoms with Crippen LogP contribution in [0.25, 0.3) is 0 Å². The van der Waals surface area contributed by atoms with E-state index in [1.165, 1.54) is 0 Å². The highest BCUT2D eigenvalue weighted by Crippen LogP contribution is 2.22.